The van der Waals surface area contributed by atoms with Gasteiger partial charge < -0.3 is 15.5 Å². The number of carbonyl (C=O) groups is 1. The SMILES string of the molecule is CCCC(=O)Nc1cc(N2CCNCC2)ccc1S(=O)(=O)c1ccccc1. The number of nitrogens with zero attached hydrogens (tertiary/aromatic N) is 1. The van der Waals surface area contributed by atoms with E-state index in [0.29, 0.717) is 18.5 Å². The van der Waals surface area contributed by atoms with Crippen LogP contribution in [0.15, 0.2) is 58.3 Å². The lowest BCUT2D eigenvalue weighted by atomic mass is 10.2. The maximum Gasteiger partial charge on any atom is 0.224 e. The van der Waals surface area contributed by atoms with Crippen LogP contribution in [0.5, 0.6) is 0 Å². The fourth-order valence-electron chi connectivity index (χ4n) is 3.14. The highest BCUT2D eigenvalue weighted by atomic mass is 32.2. The van der Waals surface area contributed by atoms with Crippen molar-refractivity contribution in [1.82, 2.24) is 5.32 Å². The predicted molar refractivity (Wildman–Crippen MR) is 107 cm³/mol. The smallest absolute Gasteiger partial charge is 0.224 e. The van der Waals surface area contributed by atoms with Crippen LogP contribution in [0.4, 0.5) is 11.4 Å². The molecule has 6 nitrogen and oxygen atoms in total. The second-order valence-corrected chi connectivity index (χ2v) is 8.45. The van der Waals surface area contributed by atoms with Crippen LogP contribution in [0.3, 0.4) is 0 Å². The normalized spacial score (nSPS) is 14.8. The summed E-state index contributed by atoms with van der Waals surface area (Å²) in [4.78, 5) is 14.7. The van der Waals surface area contributed by atoms with Crippen molar-refractivity contribution in [3.8, 4) is 0 Å². The van der Waals surface area contributed by atoms with Gasteiger partial charge in [0, 0.05) is 38.3 Å². The first-order chi connectivity index (χ1) is 13.0. The molecule has 1 fully saturated rings. The molecule has 1 amide bonds. The zero-order valence-electron chi connectivity index (χ0n) is 15.4. The number of sulfone groups is 1. The van der Waals surface area contributed by atoms with Crippen molar-refractivity contribution in [2.24, 2.45) is 0 Å². The summed E-state index contributed by atoms with van der Waals surface area (Å²) in [5.41, 5.74) is 1.25. The van der Waals surface area contributed by atoms with E-state index in [-0.39, 0.29) is 15.7 Å². The van der Waals surface area contributed by atoms with E-state index >= 15 is 0 Å². The van der Waals surface area contributed by atoms with E-state index in [0.717, 1.165) is 31.9 Å². The van der Waals surface area contributed by atoms with Crippen molar-refractivity contribution in [3.05, 3.63) is 48.5 Å². The molecule has 1 aliphatic heterocycles. The maximum absolute atomic E-state index is 13.1. The van der Waals surface area contributed by atoms with Gasteiger partial charge in [0.05, 0.1) is 15.5 Å². The Labute approximate surface area is 160 Å². The first-order valence-corrected chi connectivity index (χ1v) is 10.7. The fraction of sp³-hybridized carbons (Fsp3) is 0.350. The van der Waals surface area contributed by atoms with E-state index in [1.165, 1.54) is 0 Å². The number of hydrogen-bond donors (Lipinski definition) is 2. The van der Waals surface area contributed by atoms with Gasteiger partial charge in [0.2, 0.25) is 15.7 Å². The first-order valence-electron chi connectivity index (χ1n) is 9.22. The number of rotatable bonds is 6. The Balaban J connectivity index is 2.02. The van der Waals surface area contributed by atoms with E-state index in [1.54, 1.807) is 42.5 Å². The lowest BCUT2D eigenvalue weighted by Crippen LogP contribution is -2.43. The third-order valence-electron chi connectivity index (χ3n) is 4.54. The Kier molecular flexibility index (Phi) is 6.13. The summed E-state index contributed by atoms with van der Waals surface area (Å²) in [5, 5.41) is 6.10. The molecule has 0 radical (unpaired) electrons. The molecule has 3 rings (SSSR count). The Hall–Kier alpha value is -2.38. The second-order valence-electron chi connectivity index (χ2n) is 6.53. The number of nitrogens with one attached hydrogen (secondary N) is 2. The largest absolute Gasteiger partial charge is 0.369 e. The molecule has 0 saturated carbocycles. The topological polar surface area (TPSA) is 78.5 Å². The van der Waals surface area contributed by atoms with E-state index in [2.05, 4.69) is 15.5 Å². The molecule has 0 aliphatic carbocycles. The maximum atomic E-state index is 13.1. The number of amides is 1. The van der Waals surface area contributed by atoms with Crippen molar-refractivity contribution >= 4 is 27.1 Å². The van der Waals surface area contributed by atoms with Crippen molar-refractivity contribution in [2.45, 2.75) is 29.6 Å². The van der Waals surface area contributed by atoms with Gasteiger partial charge >= 0.3 is 0 Å². The molecule has 1 heterocycles. The molecule has 0 bridgehead atoms. The second kappa shape index (κ2) is 8.54. The van der Waals surface area contributed by atoms with Crippen LogP contribution in [0.1, 0.15) is 19.8 Å². The van der Waals surface area contributed by atoms with E-state index in [1.807, 2.05) is 13.0 Å². The Bertz CT molecular complexity index is 892. The first kappa shape index (κ1) is 19.4. The molecular formula is C20H25N3O3S. The summed E-state index contributed by atoms with van der Waals surface area (Å²) in [6.45, 7) is 5.35. The number of piperazine rings is 1. The zero-order valence-corrected chi connectivity index (χ0v) is 16.3. The minimum atomic E-state index is -3.72. The molecule has 0 aromatic heterocycles. The van der Waals surface area contributed by atoms with Gasteiger partial charge in [-0.2, -0.15) is 0 Å². The molecule has 2 aromatic rings. The Morgan fingerprint density at radius 2 is 1.81 bits per heavy atom. The fourth-order valence-corrected chi connectivity index (χ4v) is 4.55. The highest BCUT2D eigenvalue weighted by Crippen LogP contribution is 2.32. The molecule has 27 heavy (non-hydrogen) atoms. The summed E-state index contributed by atoms with van der Waals surface area (Å²) in [6, 6.07) is 13.5. The summed E-state index contributed by atoms with van der Waals surface area (Å²) in [6.07, 6.45) is 1.05. The molecule has 0 unspecified atom stereocenters. The van der Waals surface area contributed by atoms with Gasteiger partial charge in [-0.15, -0.1) is 0 Å². The number of carbonyl (C=O) groups excluding carboxylic acids is 1. The summed E-state index contributed by atoms with van der Waals surface area (Å²) < 4.78 is 26.2. The number of anilines is 2. The van der Waals surface area contributed by atoms with Crippen LogP contribution in [0.2, 0.25) is 0 Å². The van der Waals surface area contributed by atoms with Crippen LogP contribution in [-0.2, 0) is 14.6 Å². The third kappa shape index (κ3) is 4.48. The van der Waals surface area contributed by atoms with E-state index < -0.39 is 9.84 Å². The lowest BCUT2D eigenvalue weighted by Gasteiger charge is -2.30. The van der Waals surface area contributed by atoms with Crippen molar-refractivity contribution in [3.63, 3.8) is 0 Å². The molecular weight excluding hydrogens is 362 g/mol. The average Bonchev–Trinajstić information content (AvgIpc) is 2.69. The monoisotopic (exact) mass is 387 g/mol. The van der Waals surface area contributed by atoms with Crippen LogP contribution >= 0.6 is 0 Å². The summed E-state index contributed by atoms with van der Waals surface area (Å²) in [7, 11) is -3.72. The Morgan fingerprint density at radius 1 is 1.11 bits per heavy atom. The minimum absolute atomic E-state index is 0.122. The quantitative estimate of drug-likeness (QED) is 0.797. The van der Waals surface area contributed by atoms with Crippen LogP contribution in [0.25, 0.3) is 0 Å². The summed E-state index contributed by atoms with van der Waals surface area (Å²) >= 11 is 0. The van der Waals surface area contributed by atoms with Gasteiger partial charge in [-0.3, -0.25) is 4.79 Å². The standard InChI is InChI=1S/C20H25N3O3S/c1-2-6-20(24)22-18-15-16(23-13-11-21-12-14-23)9-10-19(18)27(25,26)17-7-4-3-5-8-17/h3-5,7-10,15,21H,2,6,11-14H2,1H3,(H,22,24). The molecule has 1 aliphatic rings. The Morgan fingerprint density at radius 3 is 2.48 bits per heavy atom. The van der Waals surface area contributed by atoms with Crippen molar-refractivity contribution in [2.75, 3.05) is 36.4 Å². The predicted octanol–water partition coefficient (Wildman–Crippen LogP) is 2.67. The lowest BCUT2D eigenvalue weighted by molar-refractivity contribution is -0.116. The molecule has 144 valence electrons. The van der Waals surface area contributed by atoms with Gasteiger partial charge in [0.25, 0.3) is 0 Å². The highest BCUT2D eigenvalue weighted by molar-refractivity contribution is 7.91. The molecule has 2 N–H and O–H groups in total. The number of benzene rings is 2. The molecule has 0 atom stereocenters. The minimum Gasteiger partial charge on any atom is -0.369 e. The van der Waals surface area contributed by atoms with E-state index in [4.69, 9.17) is 0 Å². The van der Waals surface area contributed by atoms with Gasteiger partial charge in [0.15, 0.2) is 0 Å². The van der Waals surface area contributed by atoms with Gasteiger partial charge in [-0.25, -0.2) is 8.42 Å². The van der Waals surface area contributed by atoms with Crippen LogP contribution in [0, 0.1) is 0 Å². The third-order valence-corrected chi connectivity index (χ3v) is 6.37. The van der Waals surface area contributed by atoms with Crippen LogP contribution in [-0.4, -0.2) is 40.5 Å². The van der Waals surface area contributed by atoms with Gasteiger partial charge in [-0.05, 0) is 36.8 Å². The van der Waals surface area contributed by atoms with E-state index in [9.17, 15) is 13.2 Å². The summed E-state index contributed by atoms with van der Waals surface area (Å²) in [5.74, 6) is -0.181. The molecule has 2 aromatic carbocycles. The average molecular weight is 388 g/mol. The van der Waals surface area contributed by atoms with Crippen LogP contribution < -0.4 is 15.5 Å². The van der Waals surface area contributed by atoms with Crippen molar-refractivity contribution in [1.29, 1.82) is 0 Å². The van der Waals surface area contributed by atoms with Gasteiger partial charge in [0.1, 0.15) is 0 Å². The number of hydrogen-bond acceptors (Lipinski definition) is 5. The highest BCUT2D eigenvalue weighted by Gasteiger charge is 2.23. The molecule has 7 heteroatoms. The zero-order chi connectivity index (χ0) is 19.3. The van der Waals surface area contributed by atoms with Crippen molar-refractivity contribution < 1.29 is 13.2 Å². The molecule has 0 spiro atoms. The van der Waals surface area contributed by atoms with Gasteiger partial charge in [-0.1, -0.05) is 25.1 Å². The molecule has 1 saturated heterocycles.